The van der Waals surface area contributed by atoms with Crippen molar-refractivity contribution in [1.82, 2.24) is 0 Å². The van der Waals surface area contributed by atoms with Crippen molar-refractivity contribution in [3.63, 3.8) is 0 Å². The van der Waals surface area contributed by atoms with Crippen LogP contribution in [-0.4, -0.2) is 25.2 Å². The van der Waals surface area contributed by atoms with Crippen molar-refractivity contribution in [1.29, 1.82) is 0 Å². The lowest BCUT2D eigenvalue weighted by molar-refractivity contribution is -0.173. The van der Waals surface area contributed by atoms with Gasteiger partial charge < -0.3 is 9.47 Å². The van der Waals surface area contributed by atoms with Crippen LogP contribution >= 0.6 is 15.9 Å². The smallest absolute Gasteiger partial charge is 0.323 e. The fourth-order valence-electron chi connectivity index (χ4n) is 3.10. The molecule has 1 atom stereocenters. The van der Waals surface area contributed by atoms with Gasteiger partial charge in [-0.2, -0.15) is 0 Å². The van der Waals surface area contributed by atoms with Crippen molar-refractivity contribution in [3.05, 3.63) is 46.5 Å². The molecule has 0 amide bonds. The summed E-state index contributed by atoms with van der Waals surface area (Å²) >= 11 is 3.47. The van der Waals surface area contributed by atoms with Gasteiger partial charge >= 0.3 is 11.9 Å². The van der Waals surface area contributed by atoms with Gasteiger partial charge in [-0.3, -0.25) is 9.59 Å². The average molecular weight is 381 g/mol. The third-order valence-corrected chi connectivity index (χ3v) is 4.68. The van der Waals surface area contributed by atoms with Crippen LogP contribution in [0.25, 0.3) is 0 Å². The molecule has 0 saturated carbocycles. The van der Waals surface area contributed by atoms with Gasteiger partial charge in [0.15, 0.2) is 5.41 Å². The Morgan fingerprint density at radius 1 is 1.30 bits per heavy atom. The van der Waals surface area contributed by atoms with Crippen LogP contribution in [0.5, 0.6) is 0 Å². The van der Waals surface area contributed by atoms with Crippen LogP contribution < -0.4 is 0 Å². The first-order valence-electron chi connectivity index (χ1n) is 7.73. The molecule has 124 valence electrons. The SMILES string of the molecule is C=CC1CC(C(=O)OCC)(C(=O)OCC)Cc2ccc(Br)cc21. The zero-order valence-corrected chi connectivity index (χ0v) is 15.0. The molecular formula is C18H21BrO4. The Hall–Kier alpha value is -1.62. The van der Waals surface area contributed by atoms with Gasteiger partial charge in [0, 0.05) is 10.4 Å². The van der Waals surface area contributed by atoms with Gasteiger partial charge in [0.25, 0.3) is 0 Å². The van der Waals surface area contributed by atoms with Crippen LogP contribution in [-0.2, 0) is 25.5 Å². The predicted octanol–water partition coefficient (Wildman–Crippen LogP) is 3.78. The Balaban J connectivity index is 2.52. The predicted molar refractivity (Wildman–Crippen MR) is 91.1 cm³/mol. The van der Waals surface area contributed by atoms with Crippen molar-refractivity contribution in [2.75, 3.05) is 13.2 Å². The van der Waals surface area contributed by atoms with E-state index >= 15 is 0 Å². The van der Waals surface area contributed by atoms with E-state index in [4.69, 9.17) is 9.47 Å². The minimum Gasteiger partial charge on any atom is -0.465 e. The number of hydrogen-bond acceptors (Lipinski definition) is 4. The summed E-state index contributed by atoms with van der Waals surface area (Å²) < 4.78 is 11.4. The molecule has 0 bridgehead atoms. The second kappa shape index (κ2) is 7.30. The van der Waals surface area contributed by atoms with Crippen molar-refractivity contribution in [2.24, 2.45) is 5.41 Å². The Morgan fingerprint density at radius 3 is 2.43 bits per heavy atom. The van der Waals surface area contributed by atoms with E-state index in [9.17, 15) is 9.59 Å². The Morgan fingerprint density at radius 2 is 1.91 bits per heavy atom. The summed E-state index contributed by atoms with van der Waals surface area (Å²) in [5.74, 6) is -1.14. The third kappa shape index (κ3) is 3.34. The second-order valence-electron chi connectivity index (χ2n) is 5.59. The normalized spacial score (nSPS) is 18.7. The monoisotopic (exact) mass is 380 g/mol. The standard InChI is InChI=1S/C18H21BrO4/c1-4-12-10-18(16(20)22-5-2,17(21)23-6-3)11-13-7-8-14(19)9-15(12)13/h4,7-9,12H,1,5-6,10-11H2,2-3H3. The number of ether oxygens (including phenoxy) is 2. The highest BCUT2D eigenvalue weighted by Crippen LogP contribution is 2.45. The highest BCUT2D eigenvalue weighted by molar-refractivity contribution is 9.10. The van der Waals surface area contributed by atoms with Gasteiger partial charge in [-0.15, -0.1) is 6.58 Å². The quantitative estimate of drug-likeness (QED) is 0.443. The topological polar surface area (TPSA) is 52.6 Å². The van der Waals surface area contributed by atoms with Crippen molar-refractivity contribution in [2.45, 2.75) is 32.6 Å². The first kappa shape index (κ1) is 17.7. The van der Waals surface area contributed by atoms with Crippen LogP contribution in [0.4, 0.5) is 0 Å². The molecule has 0 radical (unpaired) electrons. The van der Waals surface area contributed by atoms with E-state index in [1.54, 1.807) is 19.9 Å². The van der Waals surface area contributed by atoms with E-state index in [2.05, 4.69) is 22.5 Å². The second-order valence-corrected chi connectivity index (χ2v) is 6.50. The fourth-order valence-corrected chi connectivity index (χ4v) is 3.48. The number of carbonyl (C=O) groups is 2. The summed E-state index contributed by atoms with van der Waals surface area (Å²) in [6.07, 6.45) is 2.38. The molecule has 0 saturated heterocycles. The molecule has 1 aliphatic rings. The number of esters is 2. The number of benzene rings is 1. The number of hydrogen-bond donors (Lipinski definition) is 0. The minimum absolute atomic E-state index is 0.106. The number of fused-ring (bicyclic) bond motifs is 1. The summed E-state index contributed by atoms with van der Waals surface area (Å²) in [5.41, 5.74) is 0.732. The molecule has 1 aromatic rings. The minimum atomic E-state index is -1.30. The fraction of sp³-hybridized carbons (Fsp3) is 0.444. The van der Waals surface area contributed by atoms with Crippen molar-refractivity contribution < 1.29 is 19.1 Å². The molecule has 4 nitrogen and oxygen atoms in total. The van der Waals surface area contributed by atoms with Gasteiger partial charge in [0.2, 0.25) is 0 Å². The maximum atomic E-state index is 12.6. The van der Waals surface area contributed by atoms with Crippen LogP contribution in [0.3, 0.4) is 0 Å². The molecule has 0 fully saturated rings. The van der Waals surface area contributed by atoms with Crippen molar-refractivity contribution in [3.8, 4) is 0 Å². The molecule has 23 heavy (non-hydrogen) atoms. The zero-order chi connectivity index (χ0) is 17.0. The highest BCUT2D eigenvalue weighted by atomic mass is 79.9. The largest absolute Gasteiger partial charge is 0.465 e. The summed E-state index contributed by atoms with van der Waals surface area (Å²) in [5, 5.41) is 0. The van der Waals surface area contributed by atoms with Gasteiger partial charge in [0.05, 0.1) is 13.2 Å². The van der Waals surface area contributed by atoms with Crippen LogP contribution in [0, 0.1) is 5.41 Å². The number of allylic oxidation sites excluding steroid dienone is 1. The summed E-state index contributed by atoms with van der Waals surface area (Å²) in [6, 6.07) is 5.86. The molecule has 1 aliphatic carbocycles. The zero-order valence-electron chi connectivity index (χ0n) is 13.4. The van der Waals surface area contributed by atoms with E-state index in [1.165, 1.54) is 0 Å². The van der Waals surface area contributed by atoms with Gasteiger partial charge in [-0.1, -0.05) is 28.1 Å². The average Bonchev–Trinajstić information content (AvgIpc) is 2.54. The molecule has 1 aromatic carbocycles. The number of halogens is 1. The molecule has 1 unspecified atom stereocenters. The molecule has 0 N–H and O–H groups in total. The van der Waals surface area contributed by atoms with E-state index in [0.717, 1.165) is 15.6 Å². The third-order valence-electron chi connectivity index (χ3n) is 4.18. The maximum absolute atomic E-state index is 12.6. The molecule has 0 aliphatic heterocycles. The molecular weight excluding hydrogens is 360 g/mol. The Labute approximate surface area is 145 Å². The van der Waals surface area contributed by atoms with E-state index < -0.39 is 17.4 Å². The Kier molecular flexibility index (Phi) is 5.63. The lowest BCUT2D eigenvalue weighted by Crippen LogP contribution is -2.47. The van der Waals surface area contributed by atoms with Crippen LogP contribution in [0.2, 0.25) is 0 Å². The molecule has 5 heteroatoms. The lowest BCUT2D eigenvalue weighted by atomic mass is 9.67. The van der Waals surface area contributed by atoms with Gasteiger partial charge in [0.1, 0.15) is 0 Å². The van der Waals surface area contributed by atoms with E-state index in [0.29, 0.717) is 6.42 Å². The Bertz CT molecular complexity index is 605. The maximum Gasteiger partial charge on any atom is 0.323 e. The molecule has 0 spiro atoms. The number of carbonyl (C=O) groups excluding carboxylic acids is 2. The lowest BCUT2D eigenvalue weighted by Gasteiger charge is -2.37. The van der Waals surface area contributed by atoms with Crippen LogP contribution in [0.1, 0.15) is 37.3 Å². The van der Waals surface area contributed by atoms with Gasteiger partial charge in [-0.05, 0) is 49.9 Å². The highest BCUT2D eigenvalue weighted by Gasteiger charge is 2.52. The number of rotatable bonds is 5. The molecule has 2 rings (SSSR count). The summed E-state index contributed by atoms with van der Waals surface area (Å²) in [6.45, 7) is 7.79. The summed E-state index contributed by atoms with van der Waals surface area (Å²) in [4.78, 5) is 25.2. The van der Waals surface area contributed by atoms with E-state index in [-0.39, 0.29) is 25.6 Å². The summed E-state index contributed by atoms with van der Waals surface area (Å²) in [7, 11) is 0. The van der Waals surface area contributed by atoms with Gasteiger partial charge in [-0.25, -0.2) is 0 Å². The molecule has 0 aromatic heterocycles. The van der Waals surface area contributed by atoms with Crippen molar-refractivity contribution >= 4 is 27.9 Å². The molecule has 0 heterocycles. The first-order valence-corrected chi connectivity index (χ1v) is 8.53. The van der Waals surface area contributed by atoms with E-state index in [1.807, 2.05) is 18.2 Å². The van der Waals surface area contributed by atoms with Crippen LogP contribution in [0.15, 0.2) is 35.3 Å². The first-order chi connectivity index (χ1) is 11.0.